The molecule has 0 fully saturated rings. The molecule has 34 heavy (non-hydrogen) atoms. The monoisotopic (exact) mass is 466 g/mol. The second kappa shape index (κ2) is 8.44. The Kier molecular flexibility index (Phi) is 5.12. The van der Waals surface area contributed by atoms with E-state index in [1.165, 1.54) is 4.88 Å². The molecule has 0 radical (unpaired) electrons. The summed E-state index contributed by atoms with van der Waals surface area (Å²) < 4.78 is 0. The van der Waals surface area contributed by atoms with E-state index in [9.17, 15) is 0 Å². The molecule has 0 saturated heterocycles. The number of imidazole rings is 1. The summed E-state index contributed by atoms with van der Waals surface area (Å²) in [6.45, 7) is 5.87. The average Bonchev–Trinajstić information content (AvgIpc) is 3.59. The summed E-state index contributed by atoms with van der Waals surface area (Å²) in [5, 5.41) is 11.9. The van der Waals surface area contributed by atoms with E-state index in [-0.39, 0.29) is 0 Å². The van der Waals surface area contributed by atoms with E-state index in [1.807, 2.05) is 36.9 Å². The lowest BCUT2D eigenvalue weighted by molar-refractivity contribution is 0.724. The fourth-order valence-electron chi connectivity index (χ4n) is 4.04. The number of hydrogen-bond acceptors (Lipinski definition) is 7. The smallest absolute Gasteiger partial charge is 0.159 e. The Morgan fingerprint density at radius 1 is 1.00 bits per heavy atom. The van der Waals surface area contributed by atoms with Crippen LogP contribution >= 0.6 is 11.3 Å². The highest BCUT2D eigenvalue weighted by Gasteiger charge is 2.17. The molecule has 0 spiro atoms. The van der Waals surface area contributed by atoms with Gasteiger partial charge in [0, 0.05) is 41.0 Å². The summed E-state index contributed by atoms with van der Waals surface area (Å²) in [5.74, 6) is 0.694. The molecule has 8 nitrogen and oxygen atoms in total. The average molecular weight is 467 g/mol. The van der Waals surface area contributed by atoms with Crippen molar-refractivity contribution in [2.45, 2.75) is 20.4 Å². The Bertz CT molecular complexity index is 1630. The van der Waals surface area contributed by atoms with Crippen molar-refractivity contribution < 1.29 is 0 Å². The number of fused-ring (bicyclic) bond motifs is 2. The quantitative estimate of drug-likeness (QED) is 0.315. The number of hydrogen-bond donors (Lipinski definition) is 3. The normalized spacial score (nSPS) is 11.6. The van der Waals surface area contributed by atoms with Gasteiger partial charge in [0.15, 0.2) is 5.82 Å². The number of thiophene rings is 1. The molecular formula is C25H22N8S. The third-order valence-electron chi connectivity index (χ3n) is 5.72. The number of nitrogens with zero attached hydrogens (tertiary/aromatic N) is 5. The molecule has 0 bridgehead atoms. The molecule has 168 valence electrons. The van der Waals surface area contributed by atoms with Gasteiger partial charge in [-0.15, -0.1) is 11.3 Å². The Labute approximate surface area is 199 Å². The predicted molar refractivity (Wildman–Crippen MR) is 135 cm³/mol. The van der Waals surface area contributed by atoms with Crippen molar-refractivity contribution >= 4 is 33.3 Å². The topological polar surface area (TPSA) is 108 Å². The number of aryl methyl sites for hydroxylation is 1. The lowest BCUT2D eigenvalue weighted by atomic mass is 10.1. The van der Waals surface area contributed by atoms with Gasteiger partial charge in [-0.25, -0.2) is 4.98 Å². The number of aromatic nitrogens is 7. The van der Waals surface area contributed by atoms with Crippen LogP contribution in [0.4, 0.5) is 0 Å². The van der Waals surface area contributed by atoms with Gasteiger partial charge in [0.2, 0.25) is 0 Å². The van der Waals surface area contributed by atoms with Crippen LogP contribution in [0.2, 0.25) is 0 Å². The maximum absolute atomic E-state index is 4.91. The van der Waals surface area contributed by atoms with E-state index in [0.717, 1.165) is 68.1 Å². The molecule has 0 aromatic carbocycles. The number of nitrogens with one attached hydrogen (secondary N) is 3. The van der Waals surface area contributed by atoms with Gasteiger partial charge in [0.05, 0.1) is 27.8 Å². The van der Waals surface area contributed by atoms with Crippen molar-refractivity contribution in [3.05, 3.63) is 65.6 Å². The van der Waals surface area contributed by atoms with Gasteiger partial charge in [-0.2, -0.15) is 5.10 Å². The van der Waals surface area contributed by atoms with E-state index in [2.05, 4.69) is 67.5 Å². The third-order valence-corrected chi connectivity index (χ3v) is 6.72. The summed E-state index contributed by atoms with van der Waals surface area (Å²) in [7, 11) is 0. The molecule has 6 rings (SSSR count). The highest BCUT2D eigenvalue weighted by Crippen LogP contribution is 2.33. The first-order valence-corrected chi connectivity index (χ1v) is 11.9. The summed E-state index contributed by atoms with van der Waals surface area (Å²) in [4.78, 5) is 24.3. The Morgan fingerprint density at radius 3 is 2.79 bits per heavy atom. The van der Waals surface area contributed by atoms with Crippen LogP contribution in [-0.4, -0.2) is 41.7 Å². The minimum Gasteiger partial charge on any atom is -0.336 e. The van der Waals surface area contributed by atoms with Gasteiger partial charge in [-0.05, 0) is 49.4 Å². The van der Waals surface area contributed by atoms with Crippen molar-refractivity contribution in [3.63, 3.8) is 0 Å². The Balaban J connectivity index is 1.44. The van der Waals surface area contributed by atoms with Crippen LogP contribution < -0.4 is 5.32 Å². The van der Waals surface area contributed by atoms with Crippen LogP contribution in [0.5, 0.6) is 0 Å². The number of rotatable bonds is 6. The van der Waals surface area contributed by atoms with E-state index >= 15 is 0 Å². The van der Waals surface area contributed by atoms with Crippen molar-refractivity contribution in [3.8, 4) is 33.3 Å². The first kappa shape index (κ1) is 20.6. The maximum Gasteiger partial charge on any atom is 0.159 e. The minimum absolute atomic E-state index is 0.694. The van der Waals surface area contributed by atoms with Crippen molar-refractivity contribution in [1.82, 2.24) is 40.4 Å². The van der Waals surface area contributed by atoms with E-state index in [0.29, 0.717) is 5.82 Å². The predicted octanol–water partition coefficient (Wildman–Crippen LogP) is 5.10. The zero-order valence-corrected chi connectivity index (χ0v) is 19.6. The zero-order chi connectivity index (χ0) is 23.1. The van der Waals surface area contributed by atoms with Gasteiger partial charge in [0.1, 0.15) is 16.9 Å². The molecule has 0 aliphatic heterocycles. The fourth-order valence-corrected chi connectivity index (χ4v) is 4.90. The lowest BCUT2D eigenvalue weighted by Crippen LogP contribution is -2.11. The molecule has 0 saturated carbocycles. The van der Waals surface area contributed by atoms with Crippen LogP contribution in [-0.2, 0) is 6.54 Å². The number of H-pyrrole nitrogens is 2. The molecule has 6 aromatic heterocycles. The molecule has 0 atom stereocenters. The molecule has 0 unspecified atom stereocenters. The molecule has 0 aliphatic rings. The summed E-state index contributed by atoms with van der Waals surface area (Å²) in [5.41, 5.74) is 7.17. The Hall–Kier alpha value is -3.95. The molecule has 3 N–H and O–H groups in total. The molecular weight excluding hydrogens is 444 g/mol. The highest BCUT2D eigenvalue weighted by molar-refractivity contribution is 7.15. The minimum atomic E-state index is 0.694. The fraction of sp³-hybridized carbons (Fsp3) is 0.160. The van der Waals surface area contributed by atoms with Gasteiger partial charge < -0.3 is 10.3 Å². The molecule has 0 amide bonds. The van der Waals surface area contributed by atoms with E-state index in [4.69, 9.17) is 4.98 Å². The first-order chi connectivity index (χ1) is 16.7. The molecule has 6 aromatic rings. The van der Waals surface area contributed by atoms with Crippen LogP contribution in [0.25, 0.3) is 55.3 Å². The second-order valence-electron chi connectivity index (χ2n) is 8.10. The molecule has 9 heteroatoms. The molecule has 0 aliphatic carbocycles. The largest absolute Gasteiger partial charge is 0.336 e. The molecule has 6 heterocycles. The summed E-state index contributed by atoms with van der Waals surface area (Å²) >= 11 is 1.71. The van der Waals surface area contributed by atoms with Gasteiger partial charge in [-0.3, -0.25) is 20.1 Å². The highest BCUT2D eigenvalue weighted by atomic mass is 32.1. The first-order valence-electron chi connectivity index (χ1n) is 11.1. The van der Waals surface area contributed by atoms with Gasteiger partial charge in [0.25, 0.3) is 0 Å². The standard InChI is InChI=1S/C25H22N8S/c1-3-26-10-15-8-16(12-27-11-15)19-9-17-20(13-29-19)32-33-22(17)25-30-18-6-7-28-24(23(18)31-25)21-5-4-14(2)34-21/h4-9,11-13,26H,3,10H2,1-2H3,(H,30,31)(H,32,33). The Morgan fingerprint density at radius 2 is 1.94 bits per heavy atom. The van der Waals surface area contributed by atoms with Crippen LogP contribution in [0.15, 0.2) is 55.1 Å². The maximum atomic E-state index is 4.91. The lowest BCUT2D eigenvalue weighted by Gasteiger charge is -2.05. The van der Waals surface area contributed by atoms with Crippen LogP contribution in [0, 0.1) is 6.92 Å². The van der Waals surface area contributed by atoms with Gasteiger partial charge >= 0.3 is 0 Å². The van der Waals surface area contributed by atoms with E-state index < -0.39 is 0 Å². The summed E-state index contributed by atoms with van der Waals surface area (Å²) in [6, 6.07) is 10.3. The number of aromatic amines is 2. The number of pyridine rings is 3. The zero-order valence-electron chi connectivity index (χ0n) is 18.8. The van der Waals surface area contributed by atoms with Crippen molar-refractivity contribution in [1.29, 1.82) is 0 Å². The summed E-state index contributed by atoms with van der Waals surface area (Å²) in [6.07, 6.45) is 7.34. The van der Waals surface area contributed by atoms with Crippen molar-refractivity contribution in [2.24, 2.45) is 0 Å². The SMILES string of the molecule is CCNCc1cncc(-c2cc3c(-c4nc5c(-c6ccc(C)s6)nccc5[nH]4)n[nH]c3cn2)c1. The van der Waals surface area contributed by atoms with Crippen molar-refractivity contribution in [2.75, 3.05) is 6.54 Å². The van der Waals surface area contributed by atoms with Crippen LogP contribution in [0.3, 0.4) is 0 Å². The van der Waals surface area contributed by atoms with Crippen LogP contribution in [0.1, 0.15) is 17.4 Å². The third kappa shape index (κ3) is 3.64. The second-order valence-corrected chi connectivity index (χ2v) is 9.39. The van der Waals surface area contributed by atoms with Gasteiger partial charge in [-0.1, -0.05) is 6.92 Å². The van der Waals surface area contributed by atoms with E-state index in [1.54, 1.807) is 11.3 Å².